The van der Waals surface area contributed by atoms with Crippen LogP contribution < -0.4 is 10.1 Å². The zero-order chi connectivity index (χ0) is 21.3. The Balaban J connectivity index is 1.59. The molecule has 0 spiro atoms. The van der Waals surface area contributed by atoms with Crippen LogP contribution in [0.3, 0.4) is 0 Å². The van der Waals surface area contributed by atoms with E-state index in [2.05, 4.69) is 12.2 Å². The van der Waals surface area contributed by atoms with Gasteiger partial charge in [-0.3, -0.25) is 9.59 Å². The van der Waals surface area contributed by atoms with Gasteiger partial charge in [0.15, 0.2) is 0 Å². The molecule has 0 bridgehead atoms. The molecule has 1 aliphatic heterocycles. The standard InChI is InChI=1S/C24H30N2O3S/c1-3-4-5-14-29-21-9-6-19(7-10-21)23(27)25-22-11-8-20(17-18(22)2)24(28)26-12-15-30-16-13-26/h6-11,17H,3-5,12-16H2,1-2H3,(H,25,27). The van der Waals surface area contributed by atoms with Gasteiger partial charge < -0.3 is 15.0 Å². The van der Waals surface area contributed by atoms with Crippen molar-refractivity contribution in [3.63, 3.8) is 0 Å². The van der Waals surface area contributed by atoms with E-state index in [1.54, 1.807) is 18.2 Å². The molecule has 1 fully saturated rings. The highest BCUT2D eigenvalue weighted by atomic mass is 32.2. The normalized spacial score (nSPS) is 13.7. The molecular weight excluding hydrogens is 396 g/mol. The number of thioether (sulfide) groups is 1. The smallest absolute Gasteiger partial charge is 0.255 e. The van der Waals surface area contributed by atoms with Crippen LogP contribution in [0.1, 0.15) is 52.5 Å². The van der Waals surface area contributed by atoms with E-state index in [9.17, 15) is 9.59 Å². The fraction of sp³-hybridized carbons (Fsp3) is 0.417. The molecule has 1 aliphatic rings. The Morgan fingerprint density at radius 1 is 1.03 bits per heavy atom. The first-order valence-electron chi connectivity index (χ1n) is 10.6. The topological polar surface area (TPSA) is 58.6 Å². The van der Waals surface area contributed by atoms with E-state index in [1.165, 1.54) is 0 Å². The van der Waals surface area contributed by atoms with Gasteiger partial charge in [0.25, 0.3) is 11.8 Å². The second-order valence-corrected chi connectivity index (χ2v) is 8.69. The van der Waals surface area contributed by atoms with E-state index in [0.29, 0.717) is 23.4 Å². The van der Waals surface area contributed by atoms with Gasteiger partial charge in [0.2, 0.25) is 0 Å². The highest BCUT2D eigenvalue weighted by Crippen LogP contribution is 2.21. The van der Waals surface area contributed by atoms with E-state index < -0.39 is 0 Å². The lowest BCUT2D eigenvalue weighted by molar-refractivity contribution is 0.0772. The van der Waals surface area contributed by atoms with Gasteiger partial charge in [0.1, 0.15) is 5.75 Å². The Labute approximate surface area is 183 Å². The number of anilines is 1. The predicted octanol–water partition coefficient (Wildman–Crippen LogP) is 5.01. The molecule has 0 radical (unpaired) electrons. The van der Waals surface area contributed by atoms with Gasteiger partial charge in [-0.15, -0.1) is 0 Å². The van der Waals surface area contributed by atoms with E-state index in [0.717, 1.165) is 55.2 Å². The average molecular weight is 427 g/mol. The maximum atomic E-state index is 12.7. The third kappa shape index (κ3) is 6.02. The molecule has 2 aromatic rings. The van der Waals surface area contributed by atoms with Crippen LogP contribution in [0.15, 0.2) is 42.5 Å². The first-order chi connectivity index (χ1) is 14.6. The summed E-state index contributed by atoms with van der Waals surface area (Å²) in [5.74, 6) is 2.63. The number of hydrogen-bond acceptors (Lipinski definition) is 4. The number of carbonyl (C=O) groups is 2. The first kappa shape index (κ1) is 22.2. The molecule has 0 unspecified atom stereocenters. The number of hydrogen-bond donors (Lipinski definition) is 1. The highest BCUT2D eigenvalue weighted by Gasteiger charge is 2.19. The second-order valence-electron chi connectivity index (χ2n) is 7.47. The monoisotopic (exact) mass is 426 g/mol. The number of aryl methyl sites for hydroxylation is 1. The molecule has 1 heterocycles. The van der Waals surface area contributed by atoms with Crippen LogP contribution in [0.25, 0.3) is 0 Å². The van der Waals surface area contributed by atoms with Gasteiger partial charge in [-0.1, -0.05) is 19.8 Å². The van der Waals surface area contributed by atoms with Crippen molar-refractivity contribution in [2.45, 2.75) is 33.1 Å². The molecule has 0 aromatic heterocycles. The Bertz CT molecular complexity index is 861. The number of amides is 2. The summed E-state index contributed by atoms with van der Waals surface area (Å²) >= 11 is 1.88. The Morgan fingerprint density at radius 3 is 2.40 bits per heavy atom. The van der Waals surface area contributed by atoms with Crippen LogP contribution in [-0.2, 0) is 0 Å². The largest absolute Gasteiger partial charge is 0.494 e. The predicted molar refractivity (Wildman–Crippen MR) is 124 cm³/mol. The number of rotatable bonds is 8. The lowest BCUT2D eigenvalue weighted by atomic mass is 10.1. The van der Waals surface area contributed by atoms with Crippen molar-refractivity contribution in [1.29, 1.82) is 0 Å². The fourth-order valence-corrected chi connectivity index (χ4v) is 4.23. The third-order valence-electron chi connectivity index (χ3n) is 5.15. The molecule has 160 valence electrons. The Hall–Kier alpha value is -2.47. The van der Waals surface area contributed by atoms with Crippen LogP contribution >= 0.6 is 11.8 Å². The minimum Gasteiger partial charge on any atom is -0.494 e. The fourth-order valence-electron chi connectivity index (χ4n) is 3.33. The summed E-state index contributed by atoms with van der Waals surface area (Å²) in [7, 11) is 0. The van der Waals surface area contributed by atoms with Crippen LogP contribution in [0.5, 0.6) is 5.75 Å². The highest BCUT2D eigenvalue weighted by molar-refractivity contribution is 7.99. The van der Waals surface area contributed by atoms with Crippen molar-refractivity contribution in [2.24, 2.45) is 0 Å². The summed E-state index contributed by atoms with van der Waals surface area (Å²) in [5.41, 5.74) is 2.82. The zero-order valence-electron chi connectivity index (χ0n) is 17.8. The van der Waals surface area contributed by atoms with E-state index in [4.69, 9.17) is 4.74 Å². The van der Waals surface area contributed by atoms with E-state index in [1.807, 2.05) is 47.9 Å². The van der Waals surface area contributed by atoms with Gasteiger partial charge in [0.05, 0.1) is 6.61 Å². The van der Waals surface area contributed by atoms with Gasteiger partial charge >= 0.3 is 0 Å². The van der Waals surface area contributed by atoms with Crippen molar-refractivity contribution in [2.75, 3.05) is 36.5 Å². The number of carbonyl (C=O) groups excluding carboxylic acids is 2. The molecule has 1 saturated heterocycles. The molecule has 0 aliphatic carbocycles. The molecule has 1 N–H and O–H groups in total. The second kappa shape index (κ2) is 11.1. The van der Waals surface area contributed by atoms with E-state index in [-0.39, 0.29) is 11.8 Å². The lowest BCUT2D eigenvalue weighted by Gasteiger charge is -2.26. The molecule has 6 heteroatoms. The lowest BCUT2D eigenvalue weighted by Crippen LogP contribution is -2.37. The minimum atomic E-state index is -0.178. The summed E-state index contributed by atoms with van der Waals surface area (Å²) in [6, 6.07) is 12.6. The summed E-state index contributed by atoms with van der Waals surface area (Å²) in [4.78, 5) is 27.2. The number of ether oxygens (including phenoxy) is 1. The first-order valence-corrected chi connectivity index (χ1v) is 11.8. The van der Waals surface area contributed by atoms with Crippen molar-refractivity contribution in [3.05, 3.63) is 59.2 Å². The Morgan fingerprint density at radius 2 is 1.73 bits per heavy atom. The molecule has 5 nitrogen and oxygen atoms in total. The van der Waals surface area contributed by atoms with Crippen molar-refractivity contribution >= 4 is 29.3 Å². The average Bonchev–Trinajstić information content (AvgIpc) is 2.78. The van der Waals surface area contributed by atoms with E-state index >= 15 is 0 Å². The maximum Gasteiger partial charge on any atom is 0.255 e. The minimum absolute atomic E-state index is 0.0609. The molecule has 2 amide bonds. The Kier molecular flexibility index (Phi) is 8.20. The number of nitrogens with one attached hydrogen (secondary N) is 1. The van der Waals surface area contributed by atoms with Crippen LogP contribution in [-0.4, -0.2) is 47.9 Å². The number of unbranched alkanes of at least 4 members (excludes halogenated alkanes) is 2. The number of nitrogens with zero attached hydrogens (tertiary/aromatic N) is 1. The summed E-state index contributed by atoms with van der Waals surface area (Å²) in [6.07, 6.45) is 3.35. The zero-order valence-corrected chi connectivity index (χ0v) is 18.6. The van der Waals surface area contributed by atoms with Crippen LogP contribution in [0.4, 0.5) is 5.69 Å². The molecular formula is C24H30N2O3S. The van der Waals surface area contributed by atoms with Crippen molar-refractivity contribution in [3.8, 4) is 5.75 Å². The van der Waals surface area contributed by atoms with Crippen LogP contribution in [0.2, 0.25) is 0 Å². The SMILES string of the molecule is CCCCCOc1ccc(C(=O)Nc2ccc(C(=O)N3CCSCC3)cc2C)cc1. The summed E-state index contributed by atoms with van der Waals surface area (Å²) in [5, 5.41) is 2.94. The van der Waals surface area contributed by atoms with Crippen LogP contribution in [0, 0.1) is 6.92 Å². The molecule has 0 saturated carbocycles. The van der Waals surface area contributed by atoms with Gasteiger partial charge in [-0.2, -0.15) is 11.8 Å². The number of benzene rings is 2. The molecule has 30 heavy (non-hydrogen) atoms. The summed E-state index contributed by atoms with van der Waals surface area (Å²) < 4.78 is 5.70. The third-order valence-corrected chi connectivity index (χ3v) is 6.10. The van der Waals surface area contributed by atoms with Crippen molar-refractivity contribution < 1.29 is 14.3 Å². The maximum absolute atomic E-state index is 12.7. The molecule has 0 atom stereocenters. The quantitative estimate of drug-likeness (QED) is 0.603. The molecule has 2 aromatic carbocycles. The summed E-state index contributed by atoms with van der Waals surface area (Å²) in [6.45, 7) is 6.35. The van der Waals surface area contributed by atoms with Gasteiger partial charge in [0, 0.05) is 41.4 Å². The van der Waals surface area contributed by atoms with Crippen molar-refractivity contribution in [1.82, 2.24) is 4.90 Å². The van der Waals surface area contributed by atoms with Gasteiger partial charge in [-0.25, -0.2) is 0 Å². The van der Waals surface area contributed by atoms with Gasteiger partial charge in [-0.05, 0) is 61.4 Å². The molecule has 3 rings (SSSR count).